The van der Waals surface area contributed by atoms with Crippen molar-refractivity contribution < 1.29 is 27.5 Å². The molecule has 0 spiro atoms. The van der Waals surface area contributed by atoms with Gasteiger partial charge in [0, 0.05) is 6.42 Å². The van der Waals surface area contributed by atoms with Gasteiger partial charge in [0.05, 0.1) is 0 Å². The van der Waals surface area contributed by atoms with E-state index < -0.39 is 29.7 Å². The largest absolute Gasteiger partial charge is 0.471 e. The van der Waals surface area contributed by atoms with E-state index >= 15 is 0 Å². The molecule has 0 aliphatic rings. The molecule has 0 saturated carbocycles. The van der Waals surface area contributed by atoms with E-state index in [9.17, 15) is 22.8 Å². The summed E-state index contributed by atoms with van der Waals surface area (Å²) in [6, 6.07) is 5.50. The number of hydrogen-bond donors (Lipinski definition) is 1. The first-order valence-electron chi connectivity index (χ1n) is 7.04. The van der Waals surface area contributed by atoms with Gasteiger partial charge in [0.2, 0.25) is 0 Å². The lowest BCUT2D eigenvalue weighted by molar-refractivity contribution is -0.177. The zero-order valence-corrected chi connectivity index (χ0v) is 13.5. The highest BCUT2D eigenvalue weighted by atomic mass is 19.4. The lowest BCUT2D eigenvalue weighted by Gasteiger charge is -2.25. The third kappa shape index (κ3) is 6.71. The van der Waals surface area contributed by atoms with E-state index in [2.05, 4.69) is 0 Å². The zero-order valence-electron chi connectivity index (χ0n) is 13.5. The molecule has 128 valence electrons. The Balaban J connectivity index is 2.93. The number of amides is 1. The number of carbonyl (C=O) groups excluding carboxylic acids is 2. The van der Waals surface area contributed by atoms with Crippen molar-refractivity contribution in [2.45, 2.75) is 51.9 Å². The summed E-state index contributed by atoms with van der Waals surface area (Å²) < 4.78 is 42.4. The van der Waals surface area contributed by atoms with Crippen LogP contribution in [0.25, 0.3) is 0 Å². The van der Waals surface area contributed by atoms with Crippen LogP contribution in [0, 0.1) is 6.92 Å². The Morgan fingerprint density at radius 1 is 1.13 bits per heavy atom. The van der Waals surface area contributed by atoms with Crippen LogP contribution < -0.4 is 5.32 Å². The maximum Gasteiger partial charge on any atom is 0.471 e. The molecule has 0 radical (unpaired) electrons. The van der Waals surface area contributed by atoms with Crippen molar-refractivity contribution in [1.82, 2.24) is 5.32 Å². The molecule has 1 aromatic carbocycles. The van der Waals surface area contributed by atoms with Gasteiger partial charge in [-0.05, 0) is 33.3 Å². The second kappa shape index (κ2) is 7.02. The fraction of sp³-hybridized carbons (Fsp3) is 0.500. The second-order valence-corrected chi connectivity index (χ2v) is 6.25. The highest BCUT2D eigenvalue weighted by Crippen LogP contribution is 2.17. The van der Waals surface area contributed by atoms with Crippen LogP contribution in [-0.4, -0.2) is 29.7 Å². The molecule has 0 aliphatic heterocycles. The molecule has 1 aromatic rings. The number of hydrogen-bond acceptors (Lipinski definition) is 3. The molecular formula is C16H20F3NO3. The third-order valence-electron chi connectivity index (χ3n) is 2.81. The summed E-state index contributed by atoms with van der Waals surface area (Å²) in [5, 5.41) is 1.70. The lowest BCUT2D eigenvalue weighted by atomic mass is 10.0. The molecule has 1 rings (SSSR count). The number of halogens is 3. The minimum atomic E-state index is -5.06. The molecule has 1 N–H and O–H groups in total. The summed E-state index contributed by atoms with van der Waals surface area (Å²) in [5.41, 5.74) is 0.724. The van der Waals surface area contributed by atoms with Crippen molar-refractivity contribution in [2.24, 2.45) is 0 Å². The van der Waals surface area contributed by atoms with Crippen LogP contribution >= 0.6 is 0 Å². The van der Waals surface area contributed by atoms with E-state index in [-0.39, 0.29) is 6.42 Å². The first-order chi connectivity index (χ1) is 10.4. The fourth-order valence-corrected chi connectivity index (χ4v) is 1.77. The summed E-state index contributed by atoms with van der Waals surface area (Å²) >= 11 is 0. The van der Waals surface area contributed by atoms with Gasteiger partial charge < -0.3 is 10.1 Å². The summed E-state index contributed by atoms with van der Waals surface area (Å²) in [6.07, 6.45) is -5.15. The van der Waals surface area contributed by atoms with Crippen LogP contribution in [0.4, 0.5) is 13.2 Å². The Morgan fingerprint density at radius 3 is 2.09 bits per heavy atom. The minimum Gasteiger partial charge on any atom is -0.458 e. The van der Waals surface area contributed by atoms with Gasteiger partial charge in [-0.1, -0.05) is 29.8 Å². The smallest absolute Gasteiger partial charge is 0.458 e. The van der Waals surface area contributed by atoms with Gasteiger partial charge >= 0.3 is 18.1 Å². The SMILES string of the molecule is Cc1ccc(C[C@@H](NC(=O)C(F)(F)F)C(=O)OC(C)(C)C)cc1. The normalized spacial score (nSPS) is 13.3. The third-order valence-corrected chi connectivity index (χ3v) is 2.81. The molecule has 0 bridgehead atoms. The Labute approximate surface area is 133 Å². The molecule has 23 heavy (non-hydrogen) atoms. The molecule has 0 unspecified atom stereocenters. The van der Waals surface area contributed by atoms with Crippen molar-refractivity contribution in [3.8, 4) is 0 Å². The Hall–Kier alpha value is -2.05. The van der Waals surface area contributed by atoms with Gasteiger partial charge in [0.1, 0.15) is 11.6 Å². The van der Waals surface area contributed by atoms with E-state index in [0.717, 1.165) is 5.56 Å². The average molecular weight is 331 g/mol. The number of ether oxygens (including phenoxy) is 1. The van der Waals surface area contributed by atoms with Crippen molar-refractivity contribution in [3.63, 3.8) is 0 Å². The number of nitrogens with one attached hydrogen (secondary N) is 1. The van der Waals surface area contributed by atoms with Crippen LogP contribution in [0.2, 0.25) is 0 Å². The highest BCUT2D eigenvalue weighted by Gasteiger charge is 2.41. The van der Waals surface area contributed by atoms with Gasteiger partial charge in [-0.3, -0.25) is 4.79 Å². The van der Waals surface area contributed by atoms with E-state index in [0.29, 0.717) is 5.56 Å². The molecule has 1 amide bonds. The summed E-state index contributed by atoms with van der Waals surface area (Å²) in [5.74, 6) is -3.07. The van der Waals surface area contributed by atoms with Crippen LogP contribution in [0.3, 0.4) is 0 Å². The van der Waals surface area contributed by atoms with Crippen molar-refractivity contribution in [3.05, 3.63) is 35.4 Å². The number of aryl methyl sites for hydroxylation is 1. The molecule has 0 fully saturated rings. The van der Waals surface area contributed by atoms with Gasteiger partial charge in [-0.25, -0.2) is 4.79 Å². The Morgan fingerprint density at radius 2 is 1.65 bits per heavy atom. The number of alkyl halides is 3. The summed E-state index contributed by atoms with van der Waals surface area (Å²) in [4.78, 5) is 23.2. The standard InChI is InChI=1S/C16H20F3NO3/c1-10-5-7-11(8-6-10)9-12(13(21)23-15(2,3)4)20-14(22)16(17,18)19/h5-8,12H,9H2,1-4H3,(H,20,22)/t12-/m1/s1. The molecular weight excluding hydrogens is 311 g/mol. The van der Waals surface area contributed by atoms with E-state index in [1.54, 1.807) is 50.4 Å². The Bertz CT molecular complexity index is 559. The van der Waals surface area contributed by atoms with E-state index in [1.807, 2.05) is 6.92 Å². The first-order valence-corrected chi connectivity index (χ1v) is 7.04. The molecule has 0 aliphatic carbocycles. The van der Waals surface area contributed by atoms with E-state index in [1.165, 1.54) is 0 Å². The number of benzene rings is 1. The topological polar surface area (TPSA) is 55.4 Å². The predicted molar refractivity (Wildman–Crippen MR) is 78.7 cm³/mol. The van der Waals surface area contributed by atoms with Gasteiger partial charge in [-0.15, -0.1) is 0 Å². The quantitative estimate of drug-likeness (QED) is 0.863. The molecule has 0 heterocycles. The van der Waals surface area contributed by atoms with Crippen LogP contribution in [-0.2, 0) is 20.7 Å². The maximum atomic E-state index is 12.4. The van der Waals surface area contributed by atoms with Crippen molar-refractivity contribution >= 4 is 11.9 Å². The predicted octanol–water partition coefficient (Wildman–Crippen LogP) is 2.93. The molecule has 0 saturated heterocycles. The highest BCUT2D eigenvalue weighted by molar-refractivity contribution is 5.87. The zero-order chi connectivity index (χ0) is 17.8. The number of carbonyl (C=O) groups is 2. The average Bonchev–Trinajstić information content (AvgIpc) is 2.37. The van der Waals surface area contributed by atoms with Gasteiger partial charge in [-0.2, -0.15) is 13.2 Å². The molecule has 4 nitrogen and oxygen atoms in total. The van der Waals surface area contributed by atoms with Gasteiger partial charge in [0.15, 0.2) is 0 Å². The second-order valence-electron chi connectivity index (χ2n) is 6.25. The minimum absolute atomic E-state index is 0.0863. The summed E-state index contributed by atoms with van der Waals surface area (Å²) in [7, 11) is 0. The molecule has 1 atom stereocenters. The number of esters is 1. The Kier molecular flexibility index (Phi) is 5.80. The molecule has 0 aromatic heterocycles. The van der Waals surface area contributed by atoms with Crippen molar-refractivity contribution in [1.29, 1.82) is 0 Å². The fourth-order valence-electron chi connectivity index (χ4n) is 1.77. The van der Waals surface area contributed by atoms with Crippen LogP contribution in [0.15, 0.2) is 24.3 Å². The van der Waals surface area contributed by atoms with Gasteiger partial charge in [0.25, 0.3) is 0 Å². The van der Waals surface area contributed by atoms with Crippen molar-refractivity contribution in [2.75, 3.05) is 0 Å². The van der Waals surface area contributed by atoms with Crippen LogP contribution in [0.1, 0.15) is 31.9 Å². The lowest BCUT2D eigenvalue weighted by Crippen LogP contribution is -2.49. The monoisotopic (exact) mass is 331 g/mol. The van der Waals surface area contributed by atoms with E-state index in [4.69, 9.17) is 4.74 Å². The molecule has 7 heteroatoms. The summed E-state index contributed by atoms with van der Waals surface area (Å²) in [6.45, 7) is 6.65. The first kappa shape index (κ1) is 19.0. The van der Waals surface area contributed by atoms with Crippen LogP contribution in [0.5, 0.6) is 0 Å². The maximum absolute atomic E-state index is 12.4. The number of rotatable bonds is 4.